The van der Waals surface area contributed by atoms with Crippen molar-refractivity contribution in [1.29, 1.82) is 5.26 Å². The summed E-state index contributed by atoms with van der Waals surface area (Å²) in [5.41, 5.74) is 7.13. The zero-order valence-electron chi connectivity index (χ0n) is 10.2. The molecule has 1 heterocycles. The summed E-state index contributed by atoms with van der Waals surface area (Å²) in [6.07, 6.45) is 1.51. The van der Waals surface area contributed by atoms with E-state index in [9.17, 15) is 0 Å². The Morgan fingerprint density at radius 3 is 2.83 bits per heavy atom. The molecule has 0 radical (unpaired) electrons. The van der Waals surface area contributed by atoms with Crippen LogP contribution in [0.1, 0.15) is 19.7 Å². The van der Waals surface area contributed by atoms with Crippen LogP contribution in [0.4, 0.5) is 5.69 Å². The van der Waals surface area contributed by atoms with E-state index in [-0.39, 0.29) is 11.9 Å². The molecule has 0 aliphatic carbocycles. The smallest absolute Gasteiger partial charge is 0.252 e. The maximum atomic E-state index is 8.68. The first-order valence-electron chi connectivity index (χ1n) is 5.48. The van der Waals surface area contributed by atoms with Crippen molar-refractivity contribution in [1.82, 2.24) is 14.8 Å². The van der Waals surface area contributed by atoms with Gasteiger partial charge in [0.25, 0.3) is 5.82 Å². The molecule has 0 spiro atoms. The van der Waals surface area contributed by atoms with Crippen molar-refractivity contribution in [2.45, 2.75) is 20.0 Å². The average Bonchev–Trinajstić information content (AvgIpc) is 2.80. The van der Waals surface area contributed by atoms with Crippen molar-refractivity contribution in [2.24, 2.45) is 0 Å². The lowest BCUT2D eigenvalue weighted by atomic mass is 10.2. The maximum absolute atomic E-state index is 8.68. The highest BCUT2D eigenvalue weighted by Gasteiger charge is 2.07. The quantitative estimate of drug-likeness (QED) is 0.825. The highest BCUT2D eigenvalue weighted by Crippen LogP contribution is 2.25. The van der Waals surface area contributed by atoms with Gasteiger partial charge in [-0.3, -0.25) is 0 Å². The van der Waals surface area contributed by atoms with Crippen LogP contribution in [0.5, 0.6) is 5.75 Å². The van der Waals surface area contributed by atoms with Gasteiger partial charge in [-0.1, -0.05) is 0 Å². The first-order valence-corrected chi connectivity index (χ1v) is 5.48. The van der Waals surface area contributed by atoms with E-state index in [2.05, 4.69) is 10.1 Å². The third kappa shape index (κ3) is 2.40. The van der Waals surface area contributed by atoms with Crippen molar-refractivity contribution >= 4 is 5.69 Å². The summed E-state index contributed by atoms with van der Waals surface area (Å²) in [4.78, 5) is 3.84. The van der Waals surface area contributed by atoms with Gasteiger partial charge in [0.1, 0.15) is 18.1 Å². The molecule has 0 fully saturated rings. The first kappa shape index (κ1) is 11.9. The third-order valence-corrected chi connectivity index (χ3v) is 2.22. The number of nitrogen functional groups attached to an aromatic ring is 1. The monoisotopic (exact) mass is 243 g/mol. The van der Waals surface area contributed by atoms with E-state index in [1.54, 1.807) is 18.2 Å². The van der Waals surface area contributed by atoms with Crippen molar-refractivity contribution in [2.75, 3.05) is 5.73 Å². The normalized spacial score (nSPS) is 10.3. The number of rotatable bonds is 3. The Hall–Kier alpha value is -2.55. The molecule has 0 aliphatic heterocycles. The van der Waals surface area contributed by atoms with Crippen molar-refractivity contribution in [3.05, 3.63) is 30.4 Å². The van der Waals surface area contributed by atoms with Gasteiger partial charge >= 0.3 is 0 Å². The number of ether oxygens (including phenoxy) is 1. The number of nitriles is 1. The number of nitrogens with two attached hydrogens (primary N) is 1. The number of anilines is 1. The minimum Gasteiger partial charge on any atom is -0.489 e. The topological polar surface area (TPSA) is 89.8 Å². The fourth-order valence-electron chi connectivity index (χ4n) is 1.46. The molecular formula is C12H13N5O. The summed E-state index contributed by atoms with van der Waals surface area (Å²) >= 11 is 0. The van der Waals surface area contributed by atoms with Gasteiger partial charge in [0.2, 0.25) is 0 Å². The fraction of sp³-hybridized carbons (Fsp3) is 0.250. The van der Waals surface area contributed by atoms with Crippen LogP contribution in [0.3, 0.4) is 0 Å². The minimum atomic E-state index is 0.0352. The molecule has 0 atom stereocenters. The predicted octanol–water partition coefficient (Wildman–Crippen LogP) is 1.51. The van der Waals surface area contributed by atoms with Crippen molar-refractivity contribution in [3.63, 3.8) is 0 Å². The molecule has 1 aromatic heterocycles. The third-order valence-electron chi connectivity index (χ3n) is 2.22. The van der Waals surface area contributed by atoms with Crippen LogP contribution in [0, 0.1) is 11.3 Å². The van der Waals surface area contributed by atoms with Gasteiger partial charge in [-0.25, -0.2) is 9.67 Å². The van der Waals surface area contributed by atoms with Gasteiger partial charge in [0.15, 0.2) is 0 Å². The Morgan fingerprint density at radius 1 is 1.44 bits per heavy atom. The van der Waals surface area contributed by atoms with Gasteiger partial charge in [0.05, 0.1) is 17.5 Å². The summed E-state index contributed by atoms with van der Waals surface area (Å²) in [6, 6.07) is 7.17. The molecule has 0 saturated heterocycles. The molecule has 2 rings (SSSR count). The molecule has 92 valence electrons. The van der Waals surface area contributed by atoms with Crippen LogP contribution in [0.2, 0.25) is 0 Å². The van der Waals surface area contributed by atoms with Gasteiger partial charge in [-0.2, -0.15) is 5.26 Å². The number of benzene rings is 1. The molecule has 2 N–H and O–H groups in total. The number of hydrogen-bond donors (Lipinski definition) is 1. The van der Waals surface area contributed by atoms with E-state index in [4.69, 9.17) is 15.7 Å². The molecule has 6 nitrogen and oxygen atoms in total. The van der Waals surface area contributed by atoms with Gasteiger partial charge in [0, 0.05) is 6.07 Å². The summed E-state index contributed by atoms with van der Waals surface area (Å²) in [7, 11) is 0. The molecule has 18 heavy (non-hydrogen) atoms. The first-order chi connectivity index (χ1) is 8.60. The van der Waals surface area contributed by atoms with Crippen LogP contribution >= 0.6 is 0 Å². The second kappa shape index (κ2) is 4.75. The largest absolute Gasteiger partial charge is 0.489 e. The van der Waals surface area contributed by atoms with Gasteiger partial charge in [-0.05, 0) is 26.0 Å². The maximum Gasteiger partial charge on any atom is 0.252 e. The Morgan fingerprint density at radius 2 is 2.22 bits per heavy atom. The summed E-state index contributed by atoms with van der Waals surface area (Å²) < 4.78 is 7.09. The highest BCUT2D eigenvalue weighted by atomic mass is 16.5. The van der Waals surface area contributed by atoms with Gasteiger partial charge in [-0.15, -0.1) is 5.10 Å². The Labute approximate surface area is 105 Å². The average molecular weight is 243 g/mol. The van der Waals surface area contributed by atoms with E-state index in [1.807, 2.05) is 19.9 Å². The Bertz CT molecular complexity index is 597. The molecule has 1 aromatic carbocycles. The Balaban J connectivity index is 2.37. The molecule has 6 heteroatoms. The van der Waals surface area contributed by atoms with Crippen LogP contribution in [-0.2, 0) is 0 Å². The van der Waals surface area contributed by atoms with E-state index >= 15 is 0 Å². The zero-order valence-corrected chi connectivity index (χ0v) is 10.2. The van der Waals surface area contributed by atoms with Crippen molar-refractivity contribution < 1.29 is 4.74 Å². The van der Waals surface area contributed by atoms with Crippen LogP contribution in [-0.4, -0.2) is 20.9 Å². The van der Waals surface area contributed by atoms with Crippen LogP contribution in [0.25, 0.3) is 5.69 Å². The molecule has 0 aliphatic rings. The number of hydrogen-bond acceptors (Lipinski definition) is 5. The lowest BCUT2D eigenvalue weighted by Gasteiger charge is -2.13. The lowest BCUT2D eigenvalue weighted by Crippen LogP contribution is -2.08. The minimum absolute atomic E-state index is 0.0352. The summed E-state index contributed by atoms with van der Waals surface area (Å²) in [6.45, 7) is 3.85. The van der Waals surface area contributed by atoms with E-state index in [1.165, 1.54) is 11.0 Å². The summed E-state index contributed by atoms with van der Waals surface area (Å²) in [5.74, 6) is 0.717. The van der Waals surface area contributed by atoms with E-state index in [0.29, 0.717) is 11.4 Å². The molecule has 0 bridgehead atoms. The second-order valence-corrected chi connectivity index (χ2v) is 4.01. The molecule has 2 aromatic rings. The van der Waals surface area contributed by atoms with E-state index in [0.717, 1.165) is 5.69 Å². The molecular weight excluding hydrogens is 230 g/mol. The fourth-order valence-corrected chi connectivity index (χ4v) is 1.46. The predicted molar refractivity (Wildman–Crippen MR) is 66.3 cm³/mol. The Kier molecular flexibility index (Phi) is 3.15. The lowest BCUT2D eigenvalue weighted by molar-refractivity contribution is 0.244. The van der Waals surface area contributed by atoms with Gasteiger partial charge < -0.3 is 10.5 Å². The standard InChI is InChI=1S/C12H13N5O/c1-8(2)18-11-5-9(3-4-10(11)14)17-7-15-12(6-13)16-17/h3-5,7-8H,14H2,1-2H3. The zero-order chi connectivity index (χ0) is 13.1. The highest BCUT2D eigenvalue weighted by molar-refractivity contribution is 5.57. The number of aromatic nitrogens is 3. The number of nitrogens with zero attached hydrogens (tertiary/aromatic N) is 4. The second-order valence-electron chi connectivity index (χ2n) is 4.01. The molecule has 0 unspecified atom stereocenters. The van der Waals surface area contributed by atoms with Crippen LogP contribution in [0.15, 0.2) is 24.5 Å². The molecule has 0 saturated carbocycles. The van der Waals surface area contributed by atoms with E-state index < -0.39 is 0 Å². The van der Waals surface area contributed by atoms with Crippen molar-refractivity contribution in [3.8, 4) is 17.5 Å². The molecule has 0 amide bonds. The van der Waals surface area contributed by atoms with Crippen LogP contribution < -0.4 is 10.5 Å². The SMILES string of the molecule is CC(C)Oc1cc(-n2cnc(C#N)n2)ccc1N. The summed E-state index contributed by atoms with van der Waals surface area (Å²) in [5, 5.41) is 12.7.